The summed E-state index contributed by atoms with van der Waals surface area (Å²) in [7, 11) is 3.94. The predicted molar refractivity (Wildman–Crippen MR) is 87.2 cm³/mol. The van der Waals surface area contributed by atoms with Crippen molar-refractivity contribution in [2.24, 2.45) is 11.8 Å². The molecule has 0 aliphatic heterocycles. The van der Waals surface area contributed by atoms with Gasteiger partial charge in [0.2, 0.25) is 0 Å². The number of nitrogens with zero attached hydrogens (tertiary/aromatic N) is 1. The Kier molecular flexibility index (Phi) is 8.74. The molecule has 0 heterocycles. The number of nitrogens with one attached hydrogen (secondary N) is 1. The molecule has 0 aromatic carbocycles. The van der Waals surface area contributed by atoms with E-state index < -0.39 is 0 Å². The Bertz CT molecular complexity index is 245. The van der Waals surface area contributed by atoms with Crippen molar-refractivity contribution in [3.63, 3.8) is 0 Å². The van der Waals surface area contributed by atoms with E-state index in [4.69, 9.17) is 4.74 Å². The van der Waals surface area contributed by atoms with Crippen LogP contribution in [-0.2, 0) is 4.74 Å². The summed E-state index contributed by atoms with van der Waals surface area (Å²) in [5.74, 6) is 1.64. The second-order valence-electron chi connectivity index (χ2n) is 6.81. The number of likely N-dealkylation sites (N-methyl/N-ethyl adjacent to an activating group) is 1. The van der Waals surface area contributed by atoms with E-state index in [0.29, 0.717) is 12.1 Å². The Hall–Kier alpha value is -0.120. The van der Waals surface area contributed by atoms with Gasteiger partial charge in [0.25, 0.3) is 0 Å². The highest BCUT2D eigenvalue weighted by atomic mass is 16.5. The average Bonchev–Trinajstić information content (AvgIpc) is 2.43. The topological polar surface area (TPSA) is 24.5 Å². The number of ether oxygens (including phenoxy) is 1. The summed E-state index contributed by atoms with van der Waals surface area (Å²) >= 11 is 0. The van der Waals surface area contributed by atoms with Gasteiger partial charge >= 0.3 is 0 Å². The third-order valence-corrected chi connectivity index (χ3v) is 4.64. The highest BCUT2D eigenvalue weighted by molar-refractivity contribution is 4.91. The van der Waals surface area contributed by atoms with Crippen LogP contribution >= 0.6 is 0 Å². The zero-order valence-electron chi connectivity index (χ0n) is 14.3. The molecule has 0 spiro atoms. The maximum atomic E-state index is 5.33. The highest BCUT2D eigenvalue weighted by Crippen LogP contribution is 2.31. The van der Waals surface area contributed by atoms with E-state index in [1.165, 1.54) is 38.6 Å². The quantitative estimate of drug-likeness (QED) is 0.704. The van der Waals surface area contributed by atoms with E-state index in [-0.39, 0.29) is 0 Å². The lowest BCUT2D eigenvalue weighted by Gasteiger charge is -2.43. The summed E-state index contributed by atoms with van der Waals surface area (Å²) in [6.45, 7) is 10.1. The Balaban J connectivity index is 2.69. The lowest BCUT2D eigenvalue weighted by molar-refractivity contribution is 0.0600. The Morgan fingerprint density at radius 2 is 2.05 bits per heavy atom. The van der Waals surface area contributed by atoms with E-state index in [9.17, 15) is 0 Å². The SMILES string of the molecule is CCCC1CCC(NC)C(N(CCOC)CC(C)C)C1. The van der Waals surface area contributed by atoms with Gasteiger partial charge < -0.3 is 10.1 Å². The minimum atomic E-state index is 0.652. The first-order valence-corrected chi connectivity index (χ1v) is 8.52. The zero-order chi connectivity index (χ0) is 15.0. The van der Waals surface area contributed by atoms with Crippen LogP contribution in [0.3, 0.4) is 0 Å². The molecule has 1 aliphatic rings. The second-order valence-corrected chi connectivity index (χ2v) is 6.81. The first-order valence-electron chi connectivity index (χ1n) is 8.52. The molecule has 0 aromatic heterocycles. The lowest BCUT2D eigenvalue weighted by atomic mass is 9.79. The third kappa shape index (κ3) is 5.71. The smallest absolute Gasteiger partial charge is 0.0589 e. The average molecular weight is 284 g/mol. The van der Waals surface area contributed by atoms with Crippen LogP contribution in [0.4, 0.5) is 0 Å². The number of hydrogen-bond acceptors (Lipinski definition) is 3. The second kappa shape index (κ2) is 9.75. The van der Waals surface area contributed by atoms with Gasteiger partial charge in [-0.05, 0) is 38.1 Å². The standard InChI is InChI=1S/C17H36N2O/c1-6-7-15-8-9-16(18-4)17(12-15)19(10-11-20-5)13-14(2)3/h14-18H,6-13H2,1-5H3. The molecule has 0 radical (unpaired) electrons. The molecule has 1 N–H and O–H groups in total. The minimum absolute atomic E-state index is 0.652. The van der Waals surface area contributed by atoms with Crippen LogP contribution in [0.2, 0.25) is 0 Å². The van der Waals surface area contributed by atoms with Crippen molar-refractivity contribution in [2.45, 2.75) is 65.0 Å². The van der Waals surface area contributed by atoms with Crippen LogP contribution in [0.25, 0.3) is 0 Å². The van der Waals surface area contributed by atoms with Gasteiger partial charge in [-0.1, -0.05) is 33.6 Å². The molecule has 3 atom stereocenters. The van der Waals surface area contributed by atoms with Crippen LogP contribution in [-0.4, -0.2) is 50.8 Å². The van der Waals surface area contributed by atoms with E-state index >= 15 is 0 Å². The summed E-state index contributed by atoms with van der Waals surface area (Å²) in [6.07, 6.45) is 6.80. The molecule has 120 valence electrons. The van der Waals surface area contributed by atoms with Crippen LogP contribution < -0.4 is 5.32 Å². The van der Waals surface area contributed by atoms with Gasteiger partial charge in [-0.25, -0.2) is 0 Å². The predicted octanol–water partition coefficient (Wildman–Crippen LogP) is 3.15. The molecule has 0 aromatic rings. The van der Waals surface area contributed by atoms with Crippen LogP contribution in [0, 0.1) is 11.8 Å². The van der Waals surface area contributed by atoms with Crippen molar-refractivity contribution < 1.29 is 4.74 Å². The van der Waals surface area contributed by atoms with Gasteiger partial charge in [-0.15, -0.1) is 0 Å². The van der Waals surface area contributed by atoms with E-state index in [1.54, 1.807) is 0 Å². The van der Waals surface area contributed by atoms with Crippen molar-refractivity contribution in [1.29, 1.82) is 0 Å². The molecule has 20 heavy (non-hydrogen) atoms. The molecule has 1 aliphatic carbocycles. The molecule has 1 saturated carbocycles. The maximum Gasteiger partial charge on any atom is 0.0589 e. The van der Waals surface area contributed by atoms with Crippen molar-refractivity contribution in [2.75, 3.05) is 33.9 Å². The zero-order valence-corrected chi connectivity index (χ0v) is 14.3. The van der Waals surface area contributed by atoms with Gasteiger partial charge in [0.15, 0.2) is 0 Å². The highest BCUT2D eigenvalue weighted by Gasteiger charge is 2.33. The molecular weight excluding hydrogens is 248 g/mol. The molecule has 1 rings (SSSR count). The number of hydrogen-bond donors (Lipinski definition) is 1. The molecule has 3 nitrogen and oxygen atoms in total. The fourth-order valence-electron chi connectivity index (χ4n) is 3.71. The van der Waals surface area contributed by atoms with E-state index in [1.807, 2.05) is 7.11 Å². The van der Waals surface area contributed by atoms with Gasteiger partial charge in [-0.3, -0.25) is 4.90 Å². The summed E-state index contributed by atoms with van der Waals surface area (Å²) in [5, 5.41) is 3.56. The molecule has 0 amide bonds. The Morgan fingerprint density at radius 1 is 1.30 bits per heavy atom. The molecule has 0 saturated heterocycles. The summed E-state index contributed by atoms with van der Waals surface area (Å²) in [6, 6.07) is 1.33. The van der Waals surface area contributed by atoms with E-state index in [2.05, 4.69) is 38.0 Å². The van der Waals surface area contributed by atoms with E-state index in [0.717, 1.165) is 25.0 Å². The first-order chi connectivity index (χ1) is 9.62. The van der Waals surface area contributed by atoms with Crippen molar-refractivity contribution >= 4 is 0 Å². The fraction of sp³-hybridized carbons (Fsp3) is 1.00. The Morgan fingerprint density at radius 3 is 2.60 bits per heavy atom. The van der Waals surface area contributed by atoms with Crippen molar-refractivity contribution in [1.82, 2.24) is 10.2 Å². The van der Waals surface area contributed by atoms with Gasteiger partial charge in [-0.2, -0.15) is 0 Å². The number of methoxy groups -OCH3 is 1. The molecule has 3 unspecified atom stereocenters. The summed E-state index contributed by atoms with van der Waals surface area (Å²) in [5.41, 5.74) is 0. The number of rotatable bonds is 9. The summed E-state index contributed by atoms with van der Waals surface area (Å²) < 4.78 is 5.33. The molecule has 1 fully saturated rings. The summed E-state index contributed by atoms with van der Waals surface area (Å²) in [4.78, 5) is 2.68. The third-order valence-electron chi connectivity index (χ3n) is 4.64. The first kappa shape index (κ1) is 17.9. The van der Waals surface area contributed by atoms with Crippen LogP contribution in [0.1, 0.15) is 52.9 Å². The van der Waals surface area contributed by atoms with Crippen LogP contribution in [0.15, 0.2) is 0 Å². The van der Waals surface area contributed by atoms with Gasteiger partial charge in [0.05, 0.1) is 6.61 Å². The van der Waals surface area contributed by atoms with Crippen molar-refractivity contribution in [3.05, 3.63) is 0 Å². The van der Waals surface area contributed by atoms with Gasteiger partial charge in [0.1, 0.15) is 0 Å². The fourth-order valence-corrected chi connectivity index (χ4v) is 3.71. The van der Waals surface area contributed by atoms with Crippen molar-refractivity contribution in [3.8, 4) is 0 Å². The molecule has 0 bridgehead atoms. The monoisotopic (exact) mass is 284 g/mol. The maximum absolute atomic E-state index is 5.33. The van der Waals surface area contributed by atoms with Crippen LogP contribution in [0.5, 0.6) is 0 Å². The minimum Gasteiger partial charge on any atom is -0.383 e. The lowest BCUT2D eigenvalue weighted by Crippen LogP contribution is -2.54. The largest absolute Gasteiger partial charge is 0.383 e. The molecular formula is C17H36N2O. The Labute approximate surface area is 126 Å². The van der Waals surface area contributed by atoms with Gasteiger partial charge in [0, 0.05) is 32.3 Å². The molecule has 3 heteroatoms. The normalized spacial score (nSPS) is 27.4.